The van der Waals surface area contributed by atoms with Gasteiger partial charge in [0.1, 0.15) is 29.1 Å². The zero-order valence-electron chi connectivity index (χ0n) is 18.7. The molecule has 2 aromatic rings. The zero-order chi connectivity index (χ0) is 22.8. The van der Waals surface area contributed by atoms with Gasteiger partial charge < -0.3 is 23.9 Å². The van der Waals surface area contributed by atoms with E-state index in [0.717, 1.165) is 24.2 Å². The summed E-state index contributed by atoms with van der Waals surface area (Å²) in [6, 6.07) is 8.10. The van der Waals surface area contributed by atoms with Crippen LogP contribution in [-0.4, -0.2) is 47.6 Å². The molecule has 7 nitrogen and oxygen atoms in total. The zero-order valence-corrected chi connectivity index (χ0v) is 18.7. The second-order valence-electron chi connectivity index (χ2n) is 8.49. The first-order valence-corrected chi connectivity index (χ1v) is 11.1. The highest BCUT2D eigenvalue weighted by molar-refractivity contribution is 6.46. The van der Waals surface area contributed by atoms with Gasteiger partial charge in [-0.05, 0) is 75.9 Å². The van der Waals surface area contributed by atoms with E-state index in [9.17, 15) is 14.7 Å². The van der Waals surface area contributed by atoms with Gasteiger partial charge in [-0.3, -0.25) is 9.59 Å². The molecule has 1 unspecified atom stereocenters. The van der Waals surface area contributed by atoms with Crippen LogP contribution >= 0.6 is 0 Å². The molecule has 0 radical (unpaired) electrons. The number of carbonyl (C=O) groups excluding carboxylic acids is 2. The molecule has 2 aliphatic heterocycles. The maximum atomic E-state index is 13.0. The molecule has 1 aromatic heterocycles. The number of rotatable bonds is 7. The summed E-state index contributed by atoms with van der Waals surface area (Å²) in [4.78, 5) is 27.4. The van der Waals surface area contributed by atoms with Crippen LogP contribution < -0.4 is 4.74 Å². The molecule has 1 saturated heterocycles. The van der Waals surface area contributed by atoms with Gasteiger partial charge in [0, 0.05) is 18.7 Å². The van der Waals surface area contributed by atoms with Crippen molar-refractivity contribution in [2.24, 2.45) is 0 Å². The molecule has 1 fully saturated rings. The molecule has 1 aromatic carbocycles. The molecule has 1 atom stereocenters. The predicted molar refractivity (Wildman–Crippen MR) is 118 cm³/mol. The number of aliphatic hydroxyl groups excluding tert-OH is 1. The lowest BCUT2D eigenvalue weighted by Crippen LogP contribution is -2.31. The van der Waals surface area contributed by atoms with E-state index in [0.29, 0.717) is 43.3 Å². The Hall–Kier alpha value is -3.06. The van der Waals surface area contributed by atoms with Crippen LogP contribution in [0.1, 0.15) is 55.4 Å². The summed E-state index contributed by atoms with van der Waals surface area (Å²) in [5.41, 5.74) is 1.51. The third-order valence-electron chi connectivity index (χ3n) is 5.75. The monoisotopic (exact) mass is 439 g/mol. The number of Topliss-reactive ketones (excluding diaryl/α,β-unsaturated/α-hetero) is 1. The second kappa shape index (κ2) is 9.20. The fourth-order valence-corrected chi connectivity index (χ4v) is 4.22. The summed E-state index contributed by atoms with van der Waals surface area (Å²) in [5.74, 6) is 0.360. The fourth-order valence-electron chi connectivity index (χ4n) is 4.22. The number of hydrogen-bond donors (Lipinski definition) is 1. The third kappa shape index (κ3) is 4.30. The Balaban J connectivity index is 1.71. The first-order chi connectivity index (χ1) is 15.4. The van der Waals surface area contributed by atoms with Crippen LogP contribution in [0.2, 0.25) is 0 Å². The number of hydrogen-bond acceptors (Lipinski definition) is 6. The number of carbonyl (C=O) groups is 2. The summed E-state index contributed by atoms with van der Waals surface area (Å²) >= 11 is 0. The van der Waals surface area contributed by atoms with E-state index < -0.39 is 17.7 Å². The molecule has 32 heavy (non-hydrogen) atoms. The Kier molecular flexibility index (Phi) is 6.37. The highest BCUT2D eigenvalue weighted by Gasteiger charge is 2.47. The molecule has 4 rings (SSSR count). The highest BCUT2D eigenvalue weighted by Crippen LogP contribution is 2.40. The summed E-state index contributed by atoms with van der Waals surface area (Å²) in [5, 5.41) is 11.2. The Labute approximate surface area is 187 Å². The topological polar surface area (TPSA) is 89.2 Å². The minimum absolute atomic E-state index is 0.0470. The van der Waals surface area contributed by atoms with Crippen LogP contribution in [-0.2, 0) is 20.7 Å². The fraction of sp³-hybridized carbons (Fsp3) is 0.440. The van der Waals surface area contributed by atoms with E-state index in [2.05, 4.69) is 0 Å². The highest BCUT2D eigenvalue weighted by atomic mass is 16.5. The molecule has 1 N–H and O–H groups in total. The molecule has 0 aliphatic carbocycles. The minimum Gasteiger partial charge on any atom is -0.507 e. The molecule has 3 heterocycles. The van der Waals surface area contributed by atoms with Crippen molar-refractivity contribution in [2.45, 2.75) is 52.2 Å². The number of amides is 1. The summed E-state index contributed by atoms with van der Waals surface area (Å²) in [7, 11) is 0. The van der Waals surface area contributed by atoms with Crippen LogP contribution in [0, 0.1) is 6.92 Å². The van der Waals surface area contributed by atoms with Crippen molar-refractivity contribution in [1.82, 2.24) is 4.90 Å². The average molecular weight is 440 g/mol. The Morgan fingerprint density at radius 3 is 2.78 bits per heavy atom. The van der Waals surface area contributed by atoms with E-state index in [1.54, 1.807) is 31.2 Å². The van der Waals surface area contributed by atoms with Gasteiger partial charge >= 0.3 is 0 Å². The van der Waals surface area contributed by atoms with Crippen molar-refractivity contribution < 1.29 is 28.6 Å². The van der Waals surface area contributed by atoms with Crippen LogP contribution in [0.3, 0.4) is 0 Å². The van der Waals surface area contributed by atoms with E-state index >= 15 is 0 Å². The van der Waals surface area contributed by atoms with Gasteiger partial charge in [0.2, 0.25) is 0 Å². The van der Waals surface area contributed by atoms with Crippen LogP contribution in [0.4, 0.5) is 0 Å². The lowest BCUT2D eigenvalue weighted by Gasteiger charge is -2.23. The largest absolute Gasteiger partial charge is 0.507 e. The number of aryl methyl sites for hydroxylation is 2. The number of benzene rings is 1. The van der Waals surface area contributed by atoms with E-state index in [4.69, 9.17) is 13.9 Å². The quantitative estimate of drug-likeness (QED) is 0.302. The molecular weight excluding hydrogens is 410 g/mol. The van der Waals surface area contributed by atoms with Crippen molar-refractivity contribution in [3.05, 3.63) is 58.6 Å². The van der Waals surface area contributed by atoms with Crippen molar-refractivity contribution >= 4 is 17.4 Å². The van der Waals surface area contributed by atoms with Crippen molar-refractivity contribution in [3.63, 3.8) is 0 Å². The number of nitrogens with zero attached hydrogens (tertiary/aromatic N) is 1. The SMILES string of the molecule is Cc1ccc(C2/C(=C(/O)c3ccc4c(c3)CCCO4)C(=O)C(=O)N2CCCOC(C)C)o1. The Morgan fingerprint density at radius 1 is 1.25 bits per heavy atom. The van der Waals surface area contributed by atoms with Crippen molar-refractivity contribution in [3.8, 4) is 5.75 Å². The van der Waals surface area contributed by atoms with Crippen molar-refractivity contribution in [2.75, 3.05) is 19.8 Å². The molecule has 1 amide bonds. The lowest BCUT2D eigenvalue weighted by molar-refractivity contribution is -0.140. The summed E-state index contributed by atoms with van der Waals surface area (Å²) in [6.45, 7) is 7.15. The van der Waals surface area contributed by atoms with Gasteiger partial charge in [0.05, 0.1) is 18.3 Å². The molecular formula is C25H29NO6. The molecule has 0 spiro atoms. The summed E-state index contributed by atoms with van der Waals surface area (Å²) in [6.07, 6.45) is 2.38. The standard InChI is InChI=1S/C25H29NO6/c1-15(2)30-13-5-11-26-22(20-9-7-16(3)32-20)21(24(28)25(26)29)23(27)18-8-10-19-17(14-18)6-4-12-31-19/h7-10,14-15,22,27H,4-6,11-13H2,1-3H3/b23-21-. The van der Waals surface area contributed by atoms with Gasteiger partial charge in [0.25, 0.3) is 11.7 Å². The third-order valence-corrected chi connectivity index (χ3v) is 5.75. The van der Waals surface area contributed by atoms with Gasteiger partial charge in [-0.15, -0.1) is 0 Å². The number of likely N-dealkylation sites (tertiary alicyclic amines) is 1. The molecule has 2 aliphatic rings. The van der Waals surface area contributed by atoms with Crippen molar-refractivity contribution in [1.29, 1.82) is 0 Å². The smallest absolute Gasteiger partial charge is 0.295 e. The number of fused-ring (bicyclic) bond motifs is 1. The van der Waals surface area contributed by atoms with Gasteiger partial charge in [-0.2, -0.15) is 0 Å². The molecule has 0 bridgehead atoms. The molecule has 0 saturated carbocycles. The average Bonchev–Trinajstić information content (AvgIpc) is 3.31. The van der Waals surface area contributed by atoms with Gasteiger partial charge in [0.15, 0.2) is 0 Å². The van der Waals surface area contributed by atoms with Crippen LogP contribution in [0.5, 0.6) is 5.75 Å². The van der Waals surface area contributed by atoms with Crippen LogP contribution in [0.25, 0.3) is 5.76 Å². The summed E-state index contributed by atoms with van der Waals surface area (Å²) < 4.78 is 17.0. The first kappa shape index (κ1) is 22.1. The predicted octanol–water partition coefficient (Wildman–Crippen LogP) is 4.15. The molecule has 7 heteroatoms. The first-order valence-electron chi connectivity index (χ1n) is 11.1. The van der Waals surface area contributed by atoms with Crippen LogP contribution in [0.15, 0.2) is 40.3 Å². The lowest BCUT2D eigenvalue weighted by atomic mass is 9.96. The minimum atomic E-state index is -0.782. The molecule has 170 valence electrons. The second-order valence-corrected chi connectivity index (χ2v) is 8.49. The number of ether oxygens (including phenoxy) is 2. The number of furan rings is 1. The maximum absolute atomic E-state index is 13.0. The van der Waals surface area contributed by atoms with Gasteiger partial charge in [-0.25, -0.2) is 0 Å². The normalized spacial score (nSPS) is 20.0. The van der Waals surface area contributed by atoms with E-state index in [-0.39, 0.29) is 17.4 Å². The van der Waals surface area contributed by atoms with E-state index in [1.807, 2.05) is 19.9 Å². The number of ketones is 1. The Morgan fingerprint density at radius 2 is 2.06 bits per heavy atom. The van der Waals surface area contributed by atoms with Gasteiger partial charge in [-0.1, -0.05) is 0 Å². The Bertz CT molecular complexity index is 1050. The van der Waals surface area contributed by atoms with E-state index in [1.165, 1.54) is 4.90 Å². The number of aliphatic hydroxyl groups is 1. The maximum Gasteiger partial charge on any atom is 0.295 e.